The Labute approximate surface area is 136 Å². The Morgan fingerprint density at radius 1 is 1.35 bits per heavy atom. The molecule has 3 aromatic heterocycles. The second-order valence-electron chi connectivity index (χ2n) is 5.24. The lowest BCUT2D eigenvalue weighted by Crippen LogP contribution is -2.25. The van der Waals surface area contributed by atoms with Crippen molar-refractivity contribution in [2.75, 3.05) is 5.73 Å². The van der Waals surface area contributed by atoms with Gasteiger partial charge in [0.1, 0.15) is 0 Å². The summed E-state index contributed by atoms with van der Waals surface area (Å²) in [7, 11) is 0. The number of nitrogens with zero attached hydrogens (tertiary/aromatic N) is 5. The third-order valence-corrected chi connectivity index (χ3v) is 4.44. The molecule has 0 unspecified atom stereocenters. The van der Waals surface area contributed by atoms with Gasteiger partial charge in [-0.2, -0.15) is 9.50 Å². The predicted octanol–water partition coefficient (Wildman–Crippen LogP) is 0.947. The van der Waals surface area contributed by atoms with E-state index < -0.39 is 0 Å². The van der Waals surface area contributed by atoms with E-state index in [4.69, 9.17) is 5.73 Å². The number of fused-ring (bicyclic) bond motifs is 1. The average molecular weight is 331 g/mol. The van der Waals surface area contributed by atoms with Crippen molar-refractivity contribution in [1.82, 2.24) is 29.9 Å². The SMILES string of the molecule is Cc1ncc(CNC(=O)Cc2c(C)nc3nc(N)nn3c2C)s1. The van der Waals surface area contributed by atoms with Crippen molar-refractivity contribution in [3.63, 3.8) is 0 Å². The number of amides is 1. The van der Waals surface area contributed by atoms with Crippen LogP contribution in [0.3, 0.4) is 0 Å². The van der Waals surface area contributed by atoms with Crippen LogP contribution in [0.2, 0.25) is 0 Å². The molecule has 0 radical (unpaired) electrons. The van der Waals surface area contributed by atoms with Crippen LogP contribution in [0.25, 0.3) is 5.78 Å². The summed E-state index contributed by atoms with van der Waals surface area (Å²) in [5, 5.41) is 7.99. The van der Waals surface area contributed by atoms with Crippen molar-refractivity contribution in [2.45, 2.75) is 33.7 Å². The minimum absolute atomic E-state index is 0.0727. The maximum atomic E-state index is 12.2. The zero-order valence-electron chi connectivity index (χ0n) is 13.1. The van der Waals surface area contributed by atoms with E-state index in [1.54, 1.807) is 22.0 Å². The highest BCUT2D eigenvalue weighted by atomic mass is 32.1. The molecule has 120 valence electrons. The molecular weight excluding hydrogens is 314 g/mol. The fraction of sp³-hybridized carbons (Fsp3) is 0.357. The van der Waals surface area contributed by atoms with Gasteiger partial charge in [-0.25, -0.2) is 9.97 Å². The highest BCUT2D eigenvalue weighted by Crippen LogP contribution is 2.15. The highest BCUT2D eigenvalue weighted by molar-refractivity contribution is 7.11. The summed E-state index contributed by atoms with van der Waals surface area (Å²) >= 11 is 1.57. The minimum atomic E-state index is -0.0727. The summed E-state index contributed by atoms with van der Waals surface area (Å²) in [5.41, 5.74) is 8.02. The summed E-state index contributed by atoms with van der Waals surface area (Å²) in [6.07, 6.45) is 2.01. The first kappa shape index (κ1) is 15.3. The van der Waals surface area contributed by atoms with Crippen LogP contribution < -0.4 is 11.1 Å². The van der Waals surface area contributed by atoms with Gasteiger partial charge in [-0.1, -0.05) is 0 Å². The Morgan fingerprint density at radius 3 is 2.83 bits per heavy atom. The molecule has 8 nitrogen and oxygen atoms in total. The van der Waals surface area contributed by atoms with Crippen LogP contribution >= 0.6 is 11.3 Å². The predicted molar refractivity (Wildman–Crippen MR) is 87.1 cm³/mol. The molecule has 0 saturated carbocycles. The smallest absolute Gasteiger partial charge is 0.254 e. The third kappa shape index (κ3) is 3.14. The monoisotopic (exact) mass is 331 g/mol. The molecule has 3 rings (SSSR count). The van der Waals surface area contributed by atoms with Crippen molar-refractivity contribution >= 4 is 29.0 Å². The van der Waals surface area contributed by atoms with Gasteiger partial charge in [-0.05, 0) is 20.8 Å². The van der Waals surface area contributed by atoms with Crippen LogP contribution in [0, 0.1) is 20.8 Å². The first-order chi connectivity index (χ1) is 10.9. The van der Waals surface area contributed by atoms with E-state index in [1.165, 1.54) is 0 Å². The van der Waals surface area contributed by atoms with Crippen LogP contribution in [0.15, 0.2) is 6.20 Å². The summed E-state index contributed by atoms with van der Waals surface area (Å²) in [6, 6.07) is 0. The summed E-state index contributed by atoms with van der Waals surface area (Å²) in [5.74, 6) is 0.542. The van der Waals surface area contributed by atoms with Gasteiger partial charge in [0.2, 0.25) is 11.9 Å². The number of nitrogen functional groups attached to an aromatic ring is 1. The van der Waals surface area contributed by atoms with Crippen molar-refractivity contribution in [3.8, 4) is 0 Å². The van der Waals surface area contributed by atoms with Gasteiger partial charge >= 0.3 is 0 Å². The van der Waals surface area contributed by atoms with Gasteiger partial charge in [0.05, 0.1) is 18.0 Å². The van der Waals surface area contributed by atoms with Gasteiger partial charge < -0.3 is 11.1 Å². The molecular formula is C14H17N7OS. The Balaban J connectivity index is 1.76. The van der Waals surface area contributed by atoms with Crippen LogP contribution in [0.5, 0.6) is 0 Å². The number of nitrogens with one attached hydrogen (secondary N) is 1. The second kappa shape index (κ2) is 5.92. The molecule has 0 fully saturated rings. The maximum absolute atomic E-state index is 12.2. The first-order valence-corrected chi connectivity index (χ1v) is 7.92. The Kier molecular flexibility index (Phi) is 3.95. The molecule has 9 heteroatoms. The standard InChI is InChI=1S/C14H17N7OS/c1-7-11(8(2)21-14(18-7)19-13(15)20-21)4-12(22)17-6-10-5-16-9(3)23-10/h5H,4,6H2,1-3H3,(H2,15,20)(H,17,22). The molecule has 0 aliphatic heterocycles. The number of rotatable bonds is 4. The fourth-order valence-electron chi connectivity index (χ4n) is 2.38. The second-order valence-corrected chi connectivity index (χ2v) is 6.56. The quantitative estimate of drug-likeness (QED) is 0.736. The third-order valence-electron chi connectivity index (χ3n) is 3.53. The number of aromatic nitrogens is 5. The lowest BCUT2D eigenvalue weighted by atomic mass is 10.1. The van der Waals surface area contributed by atoms with Crippen LogP contribution in [-0.2, 0) is 17.8 Å². The minimum Gasteiger partial charge on any atom is -0.366 e. The summed E-state index contributed by atoms with van der Waals surface area (Å²) in [6.45, 7) is 6.15. The fourth-order valence-corrected chi connectivity index (χ4v) is 3.11. The molecule has 3 N–H and O–H groups in total. The molecule has 0 aromatic carbocycles. The zero-order chi connectivity index (χ0) is 16.6. The van der Waals surface area contributed by atoms with Gasteiger partial charge in [-0.3, -0.25) is 4.79 Å². The number of nitrogens with two attached hydrogens (primary N) is 1. The van der Waals surface area contributed by atoms with E-state index in [1.807, 2.05) is 20.8 Å². The van der Waals surface area contributed by atoms with Gasteiger partial charge in [0, 0.05) is 28.0 Å². The Hall–Kier alpha value is -2.55. The topological polar surface area (TPSA) is 111 Å². The largest absolute Gasteiger partial charge is 0.366 e. The highest BCUT2D eigenvalue weighted by Gasteiger charge is 2.15. The number of hydrogen-bond donors (Lipinski definition) is 2. The Bertz CT molecular complexity index is 883. The summed E-state index contributed by atoms with van der Waals surface area (Å²) in [4.78, 5) is 25.8. The van der Waals surface area contributed by atoms with Gasteiger partial charge in [-0.15, -0.1) is 16.4 Å². The number of carbonyl (C=O) groups excluding carboxylic acids is 1. The van der Waals surface area contributed by atoms with Crippen molar-refractivity contribution in [1.29, 1.82) is 0 Å². The van der Waals surface area contributed by atoms with E-state index in [0.29, 0.717) is 12.3 Å². The molecule has 0 aliphatic carbocycles. The van der Waals surface area contributed by atoms with E-state index >= 15 is 0 Å². The van der Waals surface area contributed by atoms with Crippen molar-refractivity contribution < 1.29 is 4.79 Å². The number of hydrogen-bond acceptors (Lipinski definition) is 7. The normalized spacial score (nSPS) is 11.1. The van der Waals surface area contributed by atoms with Crippen molar-refractivity contribution in [3.05, 3.63) is 33.0 Å². The van der Waals surface area contributed by atoms with Crippen LogP contribution in [0.1, 0.15) is 26.8 Å². The number of aryl methyl sites for hydroxylation is 3. The van der Waals surface area contributed by atoms with Crippen molar-refractivity contribution in [2.24, 2.45) is 0 Å². The molecule has 0 spiro atoms. The molecule has 0 bridgehead atoms. The van der Waals surface area contributed by atoms with Crippen LogP contribution in [-0.4, -0.2) is 30.5 Å². The first-order valence-electron chi connectivity index (χ1n) is 7.10. The molecule has 3 heterocycles. The molecule has 0 aliphatic rings. The summed E-state index contributed by atoms with van der Waals surface area (Å²) < 4.78 is 1.57. The number of carbonyl (C=O) groups is 1. The number of thiazole rings is 1. The van der Waals surface area contributed by atoms with E-state index in [9.17, 15) is 4.79 Å². The van der Waals surface area contributed by atoms with E-state index in [-0.39, 0.29) is 18.3 Å². The van der Waals surface area contributed by atoms with Gasteiger partial charge in [0.15, 0.2) is 0 Å². The maximum Gasteiger partial charge on any atom is 0.254 e. The zero-order valence-corrected chi connectivity index (χ0v) is 13.9. The molecule has 0 atom stereocenters. The van der Waals surface area contributed by atoms with E-state index in [2.05, 4.69) is 25.4 Å². The van der Waals surface area contributed by atoms with Crippen LogP contribution in [0.4, 0.5) is 5.95 Å². The van der Waals surface area contributed by atoms with E-state index in [0.717, 1.165) is 26.8 Å². The number of anilines is 1. The molecule has 0 saturated heterocycles. The lowest BCUT2D eigenvalue weighted by molar-refractivity contribution is -0.120. The Morgan fingerprint density at radius 2 is 2.13 bits per heavy atom. The average Bonchev–Trinajstić information content (AvgIpc) is 3.06. The molecule has 3 aromatic rings. The molecule has 1 amide bonds. The lowest BCUT2D eigenvalue weighted by Gasteiger charge is -2.10. The molecule has 23 heavy (non-hydrogen) atoms. The van der Waals surface area contributed by atoms with Gasteiger partial charge in [0.25, 0.3) is 5.78 Å².